The van der Waals surface area contributed by atoms with Crippen molar-refractivity contribution in [1.82, 2.24) is 10.2 Å². The minimum atomic E-state index is 0.0377. The zero-order chi connectivity index (χ0) is 11.1. The number of hydrogen-bond donors (Lipinski definition) is 1. The van der Waals surface area contributed by atoms with Gasteiger partial charge in [-0.05, 0) is 32.6 Å². The first-order valence-corrected chi connectivity index (χ1v) is 5.71. The van der Waals surface area contributed by atoms with Gasteiger partial charge in [0.15, 0.2) is 10.3 Å². The van der Waals surface area contributed by atoms with E-state index >= 15 is 0 Å². The molecule has 0 atom stereocenters. The van der Waals surface area contributed by atoms with E-state index in [1.165, 1.54) is 12.8 Å². The van der Waals surface area contributed by atoms with Gasteiger partial charge in [0.1, 0.15) is 0 Å². The van der Waals surface area contributed by atoms with E-state index in [0.717, 1.165) is 5.69 Å². The van der Waals surface area contributed by atoms with Crippen LogP contribution in [0.4, 0.5) is 5.69 Å². The Bertz CT molecular complexity index is 375. The molecule has 1 fully saturated rings. The van der Waals surface area contributed by atoms with Gasteiger partial charge in [0.25, 0.3) is 0 Å². The molecule has 1 aliphatic rings. The fraction of sp³-hybridized carbons (Fsp3) is 0.600. The van der Waals surface area contributed by atoms with E-state index in [9.17, 15) is 0 Å². The van der Waals surface area contributed by atoms with Crippen LogP contribution in [0.1, 0.15) is 26.7 Å². The largest absolute Gasteiger partial charge is 0.377 e. The molecule has 1 aromatic rings. The smallest absolute Gasteiger partial charge is 0.174 e. The predicted octanol–water partition coefficient (Wildman–Crippen LogP) is 3.38. The van der Waals surface area contributed by atoms with Gasteiger partial charge >= 0.3 is 0 Å². The summed E-state index contributed by atoms with van der Waals surface area (Å²) in [4.78, 5) is 0. The highest BCUT2D eigenvalue weighted by Crippen LogP contribution is 2.41. The van der Waals surface area contributed by atoms with Crippen molar-refractivity contribution < 1.29 is 0 Å². The van der Waals surface area contributed by atoms with Crippen LogP contribution in [0, 0.1) is 5.92 Å². The van der Waals surface area contributed by atoms with Crippen LogP contribution in [0.5, 0.6) is 0 Å². The molecule has 0 radical (unpaired) electrons. The number of anilines is 1. The Kier molecular flexibility index (Phi) is 2.77. The van der Waals surface area contributed by atoms with Crippen LogP contribution in [0.2, 0.25) is 10.3 Å². The van der Waals surface area contributed by atoms with E-state index in [0.29, 0.717) is 16.2 Å². The normalized spacial score (nSPS) is 16.5. The van der Waals surface area contributed by atoms with Gasteiger partial charge < -0.3 is 5.32 Å². The highest BCUT2D eigenvalue weighted by Gasteiger charge is 2.38. The predicted molar refractivity (Wildman–Crippen MR) is 62.5 cm³/mol. The molecular formula is C10H13Cl2N3. The summed E-state index contributed by atoms with van der Waals surface area (Å²) in [5.74, 6) is 0.709. The average molecular weight is 246 g/mol. The number of hydrogen-bond acceptors (Lipinski definition) is 3. The molecule has 0 bridgehead atoms. The van der Waals surface area contributed by atoms with Gasteiger partial charge in [0.05, 0.1) is 5.69 Å². The van der Waals surface area contributed by atoms with Gasteiger partial charge in [0.2, 0.25) is 0 Å². The summed E-state index contributed by atoms with van der Waals surface area (Å²) in [5, 5.41) is 11.5. The van der Waals surface area contributed by atoms with Gasteiger partial charge in [0, 0.05) is 11.6 Å². The number of nitrogens with one attached hydrogen (secondary N) is 1. The standard InChI is InChI=1S/C10H13Cl2N3/c1-10(2,6-3-4-6)13-7-5-8(11)14-15-9(7)12/h5-6H,3-4H2,1-2H3,(H,13,14). The third-order valence-electron chi connectivity index (χ3n) is 2.77. The maximum absolute atomic E-state index is 5.93. The van der Waals surface area contributed by atoms with Crippen molar-refractivity contribution in [1.29, 1.82) is 0 Å². The molecule has 0 aromatic carbocycles. The lowest BCUT2D eigenvalue weighted by Crippen LogP contribution is -2.33. The molecule has 15 heavy (non-hydrogen) atoms. The van der Waals surface area contributed by atoms with Crippen molar-refractivity contribution in [3.05, 3.63) is 16.4 Å². The zero-order valence-corrected chi connectivity index (χ0v) is 10.2. The molecule has 0 saturated heterocycles. The summed E-state index contributed by atoms with van der Waals surface area (Å²) in [6.07, 6.45) is 2.54. The quantitative estimate of drug-likeness (QED) is 0.888. The maximum atomic E-state index is 5.93. The highest BCUT2D eigenvalue weighted by molar-refractivity contribution is 6.33. The lowest BCUT2D eigenvalue weighted by atomic mass is 9.98. The Morgan fingerprint density at radius 3 is 2.60 bits per heavy atom. The third kappa shape index (κ3) is 2.52. The second kappa shape index (κ2) is 3.80. The van der Waals surface area contributed by atoms with Gasteiger partial charge in [-0.25, -0.2) is 0 Å². The van der Waals surface area contributed by atoms with Gasteiger partial charge in [-0.2, -0.15) is 0 Å². The SMILES string of the molecule is CC(C)(Nc1cc(Cl)nnc1Cl)C1CC1. The Balaban J connectivity index is 2.19. The highest BCUT2D eigenvalue weighted by atomic mass is 35.5. The van der Waals surface area contributed by atoms with Gasteiger partial charge in [-0.3, -0.25) is 0 Å². The molecular weight excluding hydrogens is 233 g/mol. The third-order valence-corrected chi connectivity index (χ3v) is 3.24. The molecule has 0 spiro atoms. The number of halogens is 2. The van der Waals surface area contributed by atoms with Crippen molar-refractivity contribution in [3.8, 4) is 0 Å². The van der Waals surface area contributed by atoms with Crippen LogP contribution in [-0.4, -0.2) is 15.7 Å². The Labute approximate surface area is 99.2 Å². The monoisotopic (exact) mass is 245 g/mol. The summed E-state index contributed by atoms with van der Waals surface area (Å²) < 4.78 is 0. The van der Waals surface area contributed by atoms with Crippen molar-refractivity contribution in [2.24, 2.45) is 5.92 Å². The van der Waals surface area contributed by atoms with E-state index in [1.807, 2.05) is 0 Å². The van der Waals surface area contributed by atoms with Crippen molar-refractivity contribution in [3.63, 3.8) is 0 Å². The summed E-state index contributed by atoms with van der Waals surface area (Å²) in [6.45, 7) is 4.32. The summed E-state index contributed by atoms with van der Waals surface area (Å²) in [5.41, 5.74) is 0.796. The van der Waals surface area contributed by atoms with E-state index in [1.54, 1.807) is 6.07 Å². The Morgan fingerprint density at radius 1 is 1.33 bits per heavy atom. The zero-order valence-electron chi connectivity index (χ0n) is 8.72. The number of nitrogens with zero attached hydrogens (tertiary/aromatic N) is 2. The molecule has 2 rings (SSSR count). The lowest BCUT2D eigenvalue weighted by molar-refractivity contribution is 0.494. The first-order valence-electron chi connectivity index (χ1n) is 4.96. The van der Waals surface area contributed by atoms with Crippen LogP contribution in [0.3, 0.4) is 0 Å². The van der Waals surface area contributed by atoms with Crippen molar-refractivity contribution in [2.75, 3.05) is 5.32 Å². The maximum Gasteiger partial charge on any atom is 0.174 e. The molecule has 0 unspecified atom stereocenters. The summed E-state index contributed by atoms with van der Waals surface area (Å²) in [6, 6.07) is 1.71. The summed E-state index contributed by atoms with van der Waals surface area (Å²) >= 11 is 11.7. The fourth-order valence-corrected chi connectivity index (χ4v) is 1.98. The van der Waals surface area contributed by atoms with E-state index in [-0.39, 0.29) is 5.54 Å². The molecule has 5 heteroatoms. The second-order valence-electron chi connectivity index (χ2n) is 4.49. The van der Waals surface area contributed by atoms with Crippen LogP contribution >= 0.6 is 23.2 Å². The molecule has 1 heterocycles. The molecule has 0 aliphatic heterocycles. The number of rotatable bonds is 3. The molecule has 1 aromatic heterocycles. The van der Waals surface area contributed by atoms with Crippen LogP contribution < -0.4 is 5.32 Å². The first-order chi connectivity index (χ1) is 6.99. The van der Waals surface area contributed by atoms with E-state index < -0.39 is 0 Å². The first kappa shape index (κ1) is 11.0. The molecule has 1 saturated carbocycles. The minimum Gasteiger partial charge on any atom is -0.377 e. The van der Waals surface area contributed by atoms with Gasteiger partial charge in [-0.15, -0.1) is 10.2 Å². The Morgan fingerprint density at radius 2 is 2.00 bits per heavy atom. The molecule has 1 aliphatic carbocycles. The van der Waals surface area contributed by atoms with Crippen molar-refractivity contribution >= 4 is 28.9 Å². The molecule has 0 amide bonds. The fourth-order valence-electron chi connectivity index (χ4n) is 1.69. The second-order valence-corrected chi connectivity index (χ2v) is 5.24. The average Bonchev–Trinajstić information content (AvgIpc) is 2.93. The topological polar surface area (TPSA) is 37.8 Å². The lowest BCUT2D eigenvalue weighted by Gasteiger charge is -2.27. The van der Waals surface area contributed by atoms with Crippen LogP contribution in [-0.2, 0) is 0 Å². The van der Waals surface area contributed by atoms with Gasteiger partial charge in [-0.1, -0.05) is 23.2 Å². The minimum absolute atomic E-state index is 0.0377. The Hall–Kier alpha value is -0.540. The molecule has 82 valence electrons. The van der Waals surface area contributed by atoms with E-state index in [4.69, 9.17) is 23.2 Å². The van der Waals surface area contributed by atoms with Crippen molar-refractivity contribution in [2.45, 2.75) is 32.2 Å². The number of aromatic nitrogens is 2. The molecule has 1 N–H and O–H groups in total. The molecule has 3 nitrogen and oxygen atoms in total. The van der Waals surface area contributed by atoms with Crippen LogP contribution in [0.15, 0.2) is 6.07 Å². The van der Waals surface area contributed by atoms with Crippen LogP contribution in [0.25, 0.3) is 0 Å². The van der Waals surface area contributed by atoms with E-state index in [2.05, 4.69) is 29.4 Å². The summed E-state index contributed by atoms with van der Waals surface area (Å²) in [7, 11) is 0.